The van der Waals surface area contributed by atoms with Crippen LogP contribution in [0.25, 0.3) is 11.3 Å². The van der Waals surface area contributed by atoms with Crippen LogP contribution in [0, 0.1) is 0 Å². The van der Waals surface area contributed by atoms with Crippen LogP contribution in [0.4, 0.5) is 5.13 Å². The van der Waals surface area contributed by atoms with Gasteiger partial charge >= 0.3 is 0 Å². The Morgan fingerprint density at radius 2 is 1.69 bits per heavy atom. The summed E-state index contributed by atoms with van der Waals surface area (Å²) in [5, 5.41) is 2.62. The molecule has 26 heavy (non-hydrogen) atoms. The largest absolute Gasteiger partial charge is 0.467 e. The van der Waals surface area contributed by atoms with Crippen molar-refractivity contribution in [2.45, 2.75) is 6.54 Å². The topological polar surface area (TPSA) is 46.3 Å². The molecule has 128 valence electrons. The summed E-state index contributed by atoms with van der Waals surface area (Å²) in [4.78, 5) is 19.4. The second kappa shape index (κ2) is 7.37. The molecule has 0 saturated heterocycles. The zero-order valence-corrected chi connectivity index (χ0v) is 14.7. The van der Waals surface area contributed by atoms with Gasteiger partial charge in [-0.25, -0.2) is 4.98 Å². The van der Waals surface area contributed by atoms with Gasteiger partial charge in [0.2, 0.25) is 0 Å². The second-order valence-corrected chi connectivity index (χ2v) is 6.55. The first kappa shape index (κ1) is 16.3. The third-order valence-corrected chi connectivity index (χ3v) is 4.82. The Labute approximate surface area is 155 Å². The van der Waals surface area contributed by atoms with E-state index in [9.17, 15) is 4.79 Å². The zero-order valence-electron chi connectivity index (χ0n) is 13.9. The van der Waals surface area contributed by atoms with E-state index in [1.807, 2.05) is 78.2 Å². The molecule has 0 bridgehead atoms. The molecule has 4 rings (SSSR count). The van der Waals surface area contributed by atoms with Gasteiger partial charge in [-0.3, -0.25) is 9.69 Å². The molecule has 0 fully saturated rings. The molecule has 2 aromatic carbocycles. The van der Waals surface area contributed by atoms with Crippen molar-refractivity contribution in [2.75, 3.05) is 4.90 Å². The highest BCUT2D eigenvalue weighted by Gasteiger charge is 2.22. The Kier molecular flexibility index (Phi) is 4.62. The maximum absolute atomic E-state index is 13.1. The number of rotatable bonds is 5. The highest BCUT2D eigenvalue weighted by Crippen LogP contribution is 2.29. The van der Waals surface area contributed by atoms with E-state index in [2.05, 4.69) is 4.98 Å². The molecule has 2 heterocycles. The minimum atomic E-state index is -0.101. The van der Waals surface area contributed by atoms with Crippen molar-refractivity contribution in [1.29, 1.82) is 0 Å². The minimum Gasteiger partial charge on any atom is -0.467 e. The fourth-order valence-corrected chi connectivity index (χ4v) is 3.48. The van der Waals surface area contributed by atoms with Crippen molar-refractivity contribution >= 4 is 22.4 Å². The van der Waals surface area contributed by atoms with Gasteiger partial charge in [-0.05, 0) is 24.3 Å². The van der Waals surface area contributed by atoms with Gasteiger partial charge in [0.05, 0.1) is 18.5 Å². The predicted molar refractivity (Wildman–Crippen MR) is 103 cm³/mol. The second-order valence-electron chi connectivity index (χ2n) is 5.72. The van der Waals surface area contributed by atoms with Crippen LogP contribution in [-0.4, -0.2) is 10.9 Å². The molecule has 0 unspecified atom stereocenters. The summed E-state index contributed by atoms with van der Waals surface area (Å²) >= 11 is 1.45. The number of carbonyl (C=O) groups is 1. The van der Waals surface area contributed by atoms with E-state index < -0.39 is 0 Å². The number of furan rings is 1. The molecule has 0 aliphatic rings. The lowest BCUT2D eigenvalue weighted by atomic mass is 10.2. The number of nitrogens with zero attached hydrogens (tertiary/aromatic N) is 2. The maximum Gasteiger partial charge on any atom is 0.260 e. The molecule has 5 heteroatoms. The van der Waals surface area contributed by atoms with Crippen LogP contribution in [0.3, 0.4) is 0 Å². The van der Waals surface area contributed by atoms with Crippen molar-refractivity contribution < 1.29 is 9.21 Å². The maximum atomic E-state index is 13.1. The van der Waals surface area contributed by atoms with E-state index in [4.69, 9.17) is 4.42 Å². The third-order valence-electron chi connectivity index (χ3n) is 3.95. The van der Waals surface area contributed by atoms with E-state index in [1.54, 1.807) is 11.2 Å². The molecule has 0 spiro atoms. The molecule has 0 aliphatic carbocycles. The lowest BCUT2D eigenvalue weighted by molar-refractivity contribution is 0.0983. The zero-order chi connectivity index (χ0) is 17.8. The molecule has 0 N–H and O–H groups in total. The number of aromatic nitrogens is 1. The summed E-state index contributed by atoms with van der Waals surface area (Å²) in [5.41, 5.74) is 2.51. The van der Waals surface area contributed by atoms with Crippen LogP contribution in [0.1, 0.15) is 16.1 Å². The Hall–Kier alpha value is -3.18. The van der Waals surface area contributed by atoms with Crippen LogP contribution in [0.5, 0.6) is 0 Å². The Balaban J connectivity index is 1.69. The van der Waals surface area contributed by atoms with Crippen molar-refractivity contribution in [3.05, 3.63) is 95.8 Å². The van der Waals surface area contributed by atoms with Gasteiger partial charge in [0.15, 0.2) is 5.13 Å². The first-order valence-corrected chi connectivity index (χ1v) is 9.09. The molecule has 4 aromatic rings. The van der Waals surface area contributed by atoms with Crippen molar-refractivity contribution in [3.8, 4) is 11.3 Å². The van der Waals surface area contributed by atoms with Gasteiger partial charge < -0.3 is 4.42 Å². The monoisotopic (exact) mass is 360 g/mol. The first-order valence-electron chi connectivity index (χ1n) is 8.21. The summed E-state index contributed by atoms with van der Waals surface area (Å²) in [7, 11) is 0. The fraction of sp³-hybridized carbons (Fsp3) is 0.0476. The van der Waals surface area contributed by atoms with E-state index in [0.29, 0.717) is 23.0 Å². The van der Waals surface area contributed by atoms with E-state index in [1.165, 1.54) is 11.3 Å². The van der Waals surface area contributed by atoms with Crippen molar-refractivity contribution in [2.24, 2.45) is 0 Å². The SMILES string of the molecule is O=C(c1ccccc1)N(Cc1ccco1)c1nc(-c2ccccc2)cs1. The average Bonchev–Trinajstić information content (AvgIpc) is 3.39. The first-order chi connectivity index (χ1) is 12.8. The summed E-state index contributed by atoms with van der Waals surface area (Å²) in [6, 6.07) is 22.8. The van der Waals surface area contributed by atoms with Crippen LogP contribution in [-0.2, 0) is 6.54 Å². The number of carbonyl (C=O) groups excluding carboxylic acids is 1. The van der Waals surface area contributed by atoms with Gasteiger partial charge in [0, 0.05) is 16.5 Å². The van der Waals surface area contributed by atoms with E-state index >= 15 is 0 Å². The third kappa shape index (κ3) is 3.43. The summed E-state index contributed by atoms with van der Waals surface area (Å²) in [6.45, 7) is 0.336. The fourth-order valence-electron chi connectivity index (χ4n) is 2.65. The highest BCUT2D eigenvalue weighted by molar-refractivity contribution is 7.14. The van der Waals surface area contributed by atoms with Crippen LogP contribution in [0.2, 0.25) is 0 Å². The molecule has 0 aliphatic heterocycles. The molecule has 0 atom stereocenters. The summed E-state index contributed by atoms with van der Waals surface area (Å²) in [6.07, 6.45) is 1.61. The number of anilines is 1. The van der Waals surface area contributed by atoms with Gasteiger partial charge in [-0.2, -0.15) is 0 Å². The quantitative estimate of drug-likeness (QED) is 0.488. The van der Waals surface area contributed by atoms with Crippen LogP contribution in [0.15, 0.2) is 88.9 Å². The van der Waals surface area contributed by atoms with Gasteiger partial charge in [0.25, 0.3) is 5.91 Å². The number of amides is 1. The Bertz CT molecular complexity index is 979. The van der Waals surface area contributed by atoms with Gasteiger partial charge in [-0.1, -0.05) is 48.5 Å². The predicted octanol–water partition coefficient (Wildman–Crippen LogP) is 5.25. The van der Waals surface area contributed by atoms with E-state index in [0.717, 1.165) is 11.3 Å². The number of benzene rings is 2. The molecule has 1 amide bonds. The molecule has 0 saturated carbocycles. The lowest BCUT2D eigenvalue weighted by Crippen LogP contribution is -2.30. The van der Waals surface area contributed by atoms with Crippen molar-refractivity contribution in [1.82, 2.24) is 4.98 Å². The standard InChI is InChI=1S/C21H16N2O2S/c24-20(17-10-5-2-6-11-17)23(14-18-12-7-13-25-18)21-22-19(15-26-21)16-8-3-1-4-9-16/h1-13,15H,14H2. The molecule has 0 radical (unpaired) electrons. The summed E-state index contributed by atoms with van der Waals surface area (Å²) in [5.74, 6) is 0.613. The minimum absolute atomic E-state index is 0.101. The van der Waals surface area contributed by atoms with Gasteiger partial charge in [-0.15, -0.1) is 11.3 Å². The Morgan fingerprint density at radius 1 is 0.962 bits per heavy atom. The highest BCUT2D eigenvalue weighted by atomic mass is 32.1. The molecule has 4 nitrogen and oxygen atoms in total. The van der Waals surface area contributed by atoms with Gasteiger partial charge in [0.1, 0.15) is 5.76 Å². The smallest absolute Gasteiger partial charge is 0.260 e. The van der Waals surface area contributed by atoms with Crippen molar-refractivity contribution in [3.63, 3.8) is 0 Å². The molecule has 2 aromatic heterocycles. The average molecular weight is 360 g/mol. The number of hydrogen-bond donors (Lipinski definition) is 0. The normalized spacial score (nSPS) is 10.6. The van der Waals surface area contributed by atoms with E-state index in [-0.39, 0.29) is 5.91 Å². The molecular weight excluding hydrogens is 344 g/mol. The van der Waals surface area contributed by atoms with Crippen LogP contribution >= 0.6 is 11.3 Å². The van der Waals surface area contributed by atoms with Crippen LogP contribution < -0.4 is 4.90 Å². The lowest BCUT2D eigenvalue weighted by Gasteiger charge is -2.18. The number of hydrogen-bond acceptors (Lipinski definition) is 4. The number of thiazole rings is 1. The summed E-state index contributed by atoms with van der Waals surface area (Å²) < 4.78 is 5.45. The Morgan fingerprint density at radius 3 is 2.38 bits per heavy atom. The molecular formula is C21H16N2O2S.